The molecule has 0 bridgehead atoms. The normalized spacial score (nSPS) is 10.3. The largest absolute Gasteiger partial charge is 0.457 e. The molecule has 1 N–H and O–H groups in total. The Morgan fingerprint density at radius 2 is 1.50 bits per heavy atom. The minimum absolute atomic E-state index is 0.0928. The first-order valence-electron chi connectivity index (χ1n) is 10.4. The number of hydrogen-bond acceptors (Lipinski definition) is 4. The molecule has 0 aliphatic heterocycles. The maximum atomic E-state index is 12.4. The van der Waals surface area contributed by atoms with Crippen LogP contribution in [0.25, 0.3) is 0 Å². The van der Waals surface area contributed by atoms with E-state index in [1.54, 1.807) is 29.2 Å². The zero-order valence-electron chi connectivity index (χ0n) is 18.0. The summed E-state index contributed by atoms with van der Waals surface area (Å²) in [6, 6.07) is 25.7. The summed E-state index contributed by atoms with van der Waals surface area (Å²) in [6.07, 6.45) is 0.148. The molecule has 3 rings (SSSR count). The Balaban J connectivity index is 1.52. The zero-order chi connectivity index (χ0) is 22.8. The van der Waals surface area contributed by atoms with Gasteiger partial charge < -0.3 is 15.0 Å². The summed E-state index contributed by atoms with van der Waals surface area (Å²) in [5.74, 6) is -0.792. The van der Waals surface area contributed by atoms with Gasteiger partial charge in [-0.1, -0.05) is 66.7 Å². The number of anilines is 1. The minimum Gasteiger partial charge on any atom is -0.457 e. The maximum Gasteiger partial charge on any atom is 0.338 e. The molecule has 0 aliphatic carbocycles. The molecular weight excluding hydrogens is 404 g/mol. The fraction of sp³-hybridized carbons (Fsp3) is 0.192. The van der Waals surface area contributed by atoms with Crippen molar-refractivity contribution in [1.29, 1.82) is 0 Å². The van der Waals surface area contributed by atoms with E-state index >= 15 is 0 Å². The first-order chi connectivity index (χ1) is 15.5. The number of amides is 2. The zero-order valence-corrected chi connectivity index (χ0v) is 18.0. The third-order valence-corrected chi connectivity index (χ3v) is 4.87. The highest BCUT2D eigenvalue weighted by atomic mass is 16.5. The average molecular weight is 431 g/mol. The van der Waals surface area contributed by atoms with Crippen LogP contribution in [0.15, 0.2) is 84.9 Å². The van der Waals surface area contributed by atoms with Crippen LogP contribution in [0, 0.1) is 0 Å². The Bertz CT molecular complexity index is 1050. The van der Waals surface area contributed by atoms with Crippen molar-refractivity contribution in [2.45, 2.75) is 26.5 Å². The molecule has 0 aliphatic rings. The number of benzene rings is 3. The molecule has 0 heterocycles. The summed E-state index contributed by atoms with van der Waals surface area (Å²) in [7, 11) is 0. The third-order valence-electron chi connectivity index (χ3n) is 4.87. The highest BCUT2D eigenvalue weighted by molar-refractivity contribution is 5.94. The van der Waals surface area contributed by atoms with E-state index in [2.05, 4.69) is 5.32 Å². The van der Waals surface area contributed by atoms with Gasteiger partial charge in [0.25, 0.3) is 0 Å². The first-order valence-corrected chi connectivity index (χ1v) is 10.4. The van der Waals surface area contributed by atoms with Crippen LogP contribution in [-0.2, 0) is 27.5 Å². The summed E-state index contributed by atoms with van der Waals surface area (Å²) < 4.78 is 5.34. The third kappa shape index (κ3) is 7.09. The lowest BCUT2D eigenvalue weighted by atomic mass is 10.2. The van der Waals surface area contributed by atoms with Crippen molar-refractivity contribution < 1.29 is 19.1 Å². The number of nitrogens with zero attached hydrogens (tertiary/aromatic N) is 1. The number of hydrogen-bond donors (Lipinski definition) is 1. The maximum absolute atomic E-state index is 12.4. The van der Waals surface area contributed by atoms with E-state index in [-0.39, 0.29) is 24.8 Å². The van der Waals surface area contributed by atoms with Crippen LogP contribution >= 0.6 is 0 Å². The highest BCUT2D eigenvalue weighted by Crippen LogP contribution is 2.14. The number of rotatable bonds is 9. The van der Waals surface area contributed by atoms with Crippen molar-refractivity contribution in [2.24, 2.45) is 0 Å². The first kappa shape index (κ1) is 22.7. The van der Waals surface area contributed by atoms with Gasteiger partial charge in [-0.25, -0.2) is 4.79 Å². The lowest BCUT2D eigenvalue weighted by molar-refractivity contribution is -0.129. The van der Waals surface area contributed by atoms with E-state index in [1.165, 1.54) is 6.92 Å². The van der Waals surface area contributed by atoms with Gasteiger partial charge in [0.05, 0.1) is 5.56 Å². The monoisotopic (exact) mass is 430 g/mol. The van der Waals surface area contributed by atoms with Crippen molar-refractivity contribution in [3.05, 3.63) is 102 Å². The molecule has 164 valence electrons. The number of carbonyl (C=O) groups is 3. The van der Waals surface area contributed by atoms with Gasteiger partial charge in [0.1, 0.15) is 6.61 Å². The molecule has 3 aromatic carbocycles. The highest BCUT2D eigenvalue weighted by Gasteiger charge is 2.13. The molecule has 0 spiro atoms. The molecule has 6 nitrogen and oxygen atoms in total. The summed E-state index contributed by atoms with van der Waals surface area (Å²) in [5.41, 5.74) is 2.76. The average Bonchev–Trinajstić information content (AvgIpc) is 2.81. The molecule has 2 amide bonds. The standard InChI is InChI=1S/C26H26N2O4/c1-20(29)28(18-21-9-4-2-5-10-21)16-15-25(30)27-24-14-8-13-23(17-24)26(31)32-19-22-11-6-3-7-12-22/h2-14,17H,15-16,18-19H2,1H3,(H,27,30). The van der Waals surface area contributed by atoms with Crippen LogP contribution in [0.3, 0.4) is 0 Å². The van der Waals surface area contributed by atoms with Gasteiger partial charge in [-0.05, 0) is 29.3 Å². The van der Waals surface area contributed by atoms with E-state index in [0.717, 1.165) is 11.1 Å². The summed E-state index contributed by atoms with van der Waals surface area (Å²) >= 11 is 0. The Morgan fingerprint density at radius 3 is 2.16 bits per heavy atom. The van der Waals surface area contributed by atoms with Crippen LogP contribution in [0.4, 0.5) is 5.69 Å². The van der Waals surface area contributed by atoms with Gasteiger partial charge in [0.2, 0.25) is 11.8 Å². The van der Waals surface area contributed by atoms with Gasteiger partial charge in [-0.15, -0.1) is 0 Å². The molecule has 3 aromatic rings. The van der Waals surface area contributed by atoms with E-state index in [1.807, 2.05) is 60.7 Å². The molecule has 0 unspecified atom stereocenters. The van der Waals surface area contributed by atoms with Gasteiger partial charge in [-0.3, -0.25) is 9.59 Å². The van der Waals surface area contributed by atoms with Crippen molar-refractivity contribution in [3.8, 4) is 0 Å². The predicted octanol–water partition coefficient (Wildman–Crippen LogP) is 4.42. The van der Waals surface area contributed by atoms with Crippen LogP contribution in [0.2, 0.25) is 0 Å². The quantitative estimate of drug-likeness (QED) is 0.510. The van der Waals surface area contributed by atoms with Gasteiger partial charge in [-0.2, -0.15) is 0 Å². The molecule has 0 aromatic heterocycles. The molecule has 0 saturated heterocycles. The smallest absolute Gasteiger partial charge is 0.338 e. The van der Waals surface area contributed by atoms with E-state index in [9.17, 15) is 14.4 Å². The minimum atomic E-state index is -0.462. The van der Waals surface area contributed by atoms with Crippen LogP contribution < -0.4 is 5.32 Å². The predicted molar refractivity (Wildman–Crippen MR) is 123 cm³/mol. The molecule has 0 radical (unpaired) electrons. The van der Waals surface area contributed by atoms with Crippen LogP contribution in [-0.4, -0.2) is 29.2 Å². The Kier molecular flexibility index (Phi) is 8.15. The van der Waals surface area contributed by atoms with Gasteiger partial charge >= 0.3 is 5.97 Å². The van der Waals surface area contributed by atoms with E-state index in [4.69, 9.17) is 4.74 Å². The second-order valence-electron chi connectivity index (χ2n) is 7.37. The van der Waals surface area contributed by atoms with Crippen molar-refractivity contribution in [3.63, 3.8) is 0 Å². The molecule has 6 heteroatoms. The van der Waals surface area contributed by atoms with E-state index < -0.39 is 5.97 Å². The second-order valence-corrected chi connectivity index (χ2v) is 7.37. The molecule has 32 heavy (non-hydrogen) atoms. The van der Waals surface area contributed by atoms with E-state index in [0.29, 0.717) is 24.3 Å². The number of esters is 1. The lowest BCUT2D eigenvalue weighted by Crippen LogP contribution is -2.31. The fourth-order valence-electron chi connectivity index (χ4n) is 3.14. The van der Waals surface area contributed by atoms with Crippen molar-refractivity contribution >= 4 is 23.5 Å². The van der Waals surface area contributed by atoms with Crippen molar-refractivity contribution in [2.75, 3.05) is 11.9 Å². The van der Waals surface area contributed by atoms with Crippen LogP contribution in [0.5, 0.6) is 0 Å². The Morgan fingerprint density at radius 1 is 0.844 bits per heavy atom. The summed E-state index contributed by atoms with van der Waals surface area (Å²) in [6.45, 7) is 2.42. The Hall–Kier alpha value is -3.93. The lowest BCUT2D eigenvalue weighted by Gasteiger charge is -2.21. The molecule has 0 saturated carbocycles. The SMILES string of the molecule is CC(=O)N(CCC(=O)Nc1cccc(C(=O)OCc2ccccc2)c1)Cc1ccccc1. The molecular formula is C26H26N2O4. The fourth-order valence-corrected chi connectivity index (χ4v) is 3.14. The number of ether oxygens (including phenoxy) is 1. The summed E-state index contributed by atoms with van der Waals surface area (Å²) in [5, 5.41) is 2.78. The number of carbonyl (C=O) groups excluding carboxylic acids is 3. The second kappa shape index (κ2) is 11.5. The van der Waals surface area contributed by atoms with Gasteiger partial charge in [0, 0.05) is 32.1 Å². The number of nitrogens with one attached hydrogen (secondary N) is 1. The van der Waals surface area contributed by atoms with Crippen LogP contribution in [0.1, 0.15) is 34.8 Å². The van der Waals surface area contributed by atoms with Crippen molar-refractivity contribution in [1.82, 2.24) is 4.90 Å². The summed E-state index contributed by atoms with van der Waals surface area (Å²) in [4.78, 5) is 38.3. The molecule has 0 fully saturated rings. The molecule has 0 atom stereocenters. The topological polar surface area (TPSA) is 75.7 Å². The Labute approximate surface area is 187 Å². The van der Waals surface area contributed by atoms with Gasteiger partial charge in [0.15, 0.2) is 0 Å².